The van der Waals surface area contributed by atoms with Crippen molar-refractivity contribution in [2.24, 2.45) is 0 Å². The van der Waals surface area contributed by atoms with Gasteiger partial charge in [-0.15, -0.1) is 0 Å². The Hall–Kier alpha value is -2.14. The molecule has 0 unspecified atom stereocenters. The van der Waals surface area contributed by atoms with Crippen LogP contribution >= 0.6 is 0 Å². The van der Waals surface area contributed by atoms with Crippen molar-refractivity contribution in [1.29, 1.82) is 0 Å². The Labute approximate surface area is 124 Å². The number of sulfone groups is 1. The first kappa shape index (κ1) is 15.3. The Bertz CT molecular complexity index is 707. The summed E-state index contributed by atoms with van der Waals surface area (Å²) in [6, 6.07) is 16.0. The summed E-state index contributed by atoms with van der Waals surface area (Å²) < 4.78 is 24.0. The second-order valence-corrected chi connectivity index (χ2v) is 7.00. The monoisotopic (exact) mass is 303 g/mol. The van der Waals surface area contributed by atoms with Gasteiger partial charge >= 0.3 is 0 Å². The van der Waals surface area contributed by atoms with Gasteiger partial charge in [-0.05, 0) is 24.6 Å². The summed E-state index contributed by atoms with van der Waals surface area (Å²) in [6.45, 7) is 1.94. The minimum atomic E-state index is -3.48. The summed E-state index contributed by atoms with van der Waals surface area (Å²) in [5.74, 6) is -1.17. The molecule has 0 heterocycles. The zero-order valence-corrected chi connectivity index (χ0v) is 12.6. The lowest BCUT2D eigenvalue weighted by Crippen LogP contribution is -2.23. The fourth-order valence-corrected chi connectivity index (χ4v) is 3.18. The van der Waals surface area contributed by atoms with Gasteiger partial charge in [0.05, 0.1) is 5.75 Å². The van der Waals surface area contributed by atoms with Gasteiger partial charge in [0.1, 0.15) is 5.75 Å². The zero-order chi connectivity index (χ0) is 15.3. The fourth-order valence-electron chi connectivity index (χ4n) is 1.91. The number of anilines is 1. The van der Waals surface area contributed by atoms with Gasteiger partial charge in [0, 0.05) is 5.69 Å². The van der Waals surface area contributed by atoms with Crippen LogP contribution in [0.3, 0.4) is 0 Å². The van der Waals surface area contributed by atoms with Gasteiger partial charge < -0.3 is 5.32 Å². The maximum Gasteiger partial charge on any atom is 0.239 e. The summed E-state index contributed by atoms with van der Waals surface area (Å²) in [6.07, 6.45) is 0. The summed E-state index contributed by atoms with van der Waals surface area (Å²) in [5, 5.41) is 2.57. The minimum absolute atomic E-state index is 0.129. The topological polar surface area (TPSA) is 63.2 Å². The molecule has 0 bridgehead atoms. The van der Waals surface area contributed by atoms with Crippen LogP contribution in [0.25, 0.3) is 0 Å². The van der Waals surface area contributed by atoms with Gasteiger partial charge in [0.2, 0.25) is 5.91 Å². The van der Waals surface area contributed by atoms with E-state index in [0.29, 0.717) is 11.3 Å². The molecule has 2 rings (SSSR count). The van der Waals surface area contributed by atoms with Crippen molar-refractivity contribution >= 4 is 21.4 Å². The van der Waals surface area contributed by atoms with Crippen LogP contribution in [0.4, 0.5) is 5.69 Å². The molecule has 0 radical (unpaired) electrons. The highest BCUT2D eigenvalue weighted by Crippen LogP contribution is 2.10. The molecule has 0 aromatic heterocycles. The van der Waals surface area contributed by atoms with Crippen molar-refractivity contribution in [3.8, 4) is 0 Å². The first-order valence-electron chi connectivity index (χ1n) is 6.55. The second-order valence-electron chi connectivity index (χ2n) is 4.93. The summed E-state index contributed by atoms with van der Waals surface area (Å²) in [5.41, 5.74) is 2.35. The summed E-state index contributed by atoms with van der Waals surface area (Å²) in [4.78, 5) is 11.8. The number of amides is 1. The molecule has 0 aliphatic carbocycles. The second kappa shape index (κ2) is 6.54. The molecule has 110 valence electrons. The van der Waals surface area contributed by atoms with Gasteiger partial charge in [0.15, 0.2) is 9.84 Å². The van der Waals surface area contributed by atoms with E-state index in [1.54, 1.807) is 36.4 Å². The Morgan fingerprint density at radius 2 is 1.62 bits per heavy atom. The van der Waals surface area contributed by atoms with E-state index in [9.17, 15) is 13.2 Å². The Kier molecular flexibility index (Phi) is 4.75. The predicted molar refractivity (Wildman–Crippen MR) is 83.7 cm³/mol. The van der Waals surface area contributed by atoms with Crippen molar-refractivity contribution < 1.29 is 13.2 Å². The van der Waals surface area contributed by atoms with E-state index < -0.39 is 21.5 Å². The smallest absolute Gasteiger partial charge is 0.239 e. The normalized spacial score (nSPS) is 11.1. The molecule has 0 aliphatic heterocycles. The number of nitrogens with one attached hydrogen (secondary N) is 1. The van der Waals surface area contributed by atoms with E-state index >= 15 is 0 Å². The number of carbonyl (C=O) groups excluding carboxylic acids is 1. The van der Waals surface area contributed by atoms with Gasteiger partial charge in [-0.25, -0.2) is 8.42 Å². The number of hydrogen-bond acceptors (Lipinski definition) is 3. The molecule has 0 spiro atoms. The van der Waals surface area contributed by atoms with Crippen LogP contribution < -0.4 is 5.32 Å². The molecule has 0 saturated heterocycles. The average molecular weight is 303 g/mol. The predicted octanol–water partition coefficient (Wildman–Crippen LogP) is 2.55. The molecule has 1 N–H and O–H groups in total. The van der Waals surface area contributed by atoms with Crippen molar-refractivity contribution in [3.63, 3.8) is 0 Å². The van der Waals surface area contributed by atoms with Crippen LogP contribution in [0.15, 0.2) is 54.6 Å². The molecule has 4 nitrogen and oxygen atoms in total. The van der Waals surface area contributed by atoms with E-state index in [0.717, 1.165) is 5.56 Å². The van der Waals surface area contributed by atoms with Crippen molar-refractivity contribution in [3.05, 3.63) is 65.7 Å². The molecule has 0 fully saturated rings. The SMILES string of the molecule is Cc1ccc(CS(=O)(=O)CC(=O)Nc2ccccc2)cc1. The summed E-state index contributed by atoms with van der Waals surface area (Å²) >= 11 is 0. The minimum Gasteiger partial charge on any atom is -0.325 e. The first-order chi connectivity index (χ1) is 9.94. The third-order valence-corrected chi connectivity index (χ3v) is 4.39. The van der Waals surface area contributed by atoms with Crippen LogP contribution in [-0.4, -0.2) is 20.1 Å². The van der Waals surface area contributed by atoms with Gasteiger partial charge in [-0.2, -0.15) is 0 Å². The highest BCUT2D eigenvalue weighted by atomic mass is 32.2. The zero-order valence-electron chi connectivity index (χ0n) is 11.7. The Balaban J connectivity index is 1.97. The van der Waals surface area contributed by atoms with Crippen LogP contribution in [0.2, 0.25) is 0 Å². The standard InChI is InChI=1S/C16H17NO3S/c1-13-7-9-14(10-8-13)11-21(19,20)12-16(18)17-15-5-3-2-4-6-15/h2-10H,11-12H2,1H3,(H,17,18). The number of benzene rings is 2. The van der Waals surface area contributed by atoms with Crippen molar-refractivity contribution in [2.75, 3.05) is 11.1 Å². The molecular formula is C16H17NO3S. The van der Waals surface area contributed by atoms with Gasteiger partial charge in [-0.3, -0.25) is 4.79 Å². The molecular weight excluding hydrogens is 286 g/mol. The highest BCUT2D eigenvalue weighted by Gasteiger charge is 2.17. The van der Waals surface area contributed by atoms with Crippen molar-refractivity contribution in [1.82, 2.24) is 0 Å². The molecule has 0 aliphatic rings. The highest BCUT2D eigenvalue weighted by molar-refractivity contribution is 7.91. The first-order valence-corrected chi connectivity index (χ1v) is 8.38. The number of para-hydroxylation sites is 1. The number of aryl methyl sites for hydroxylation is 1. The van der Waals surface area contributed by atoms with E-state index in [1.807, 2.05) is 25.1 Å². The largest absolute Gasteiger partial charge is 0.325 e. The van der Waals surface area contributed by atoms with Gasteiger partial charge in [0.25, 0.3) is 0 Å². The van der Waals surface area contributed by atoms with Crippen LogP contribution in [-0.2, 0) is 20.4 Å². The maximum absolute atomic E-state index is 12.0. The Morgan fingerprint density at radius 3 is 2.24 bits per heavy atom. The number of carbonyl (C=O) groups is 1. The lowest BCUT2D eigenvalue weighted by Gasteiger charge is -2.06. The third-order valence-electron chi connectivity index (χ3n) is 2.92. The molecule has 0 saturated carbocycles. The summed E-state index contributed by atoms with van der Waals surface area (Å²) in [7, 11) is -3.48. The fraction of sp³-hybridized carbons (Fsp3) is 0.188. The van der Waals surface area contributed by atoms with Gasteiger partial charge in [-0.1, -0.05) is 48.0 Å². The lowest BCUT2D eigenvalue weighted by atomic mass is 10.2. The molecule has 21 heavy (non-hydrogen) atoms. The molecule has 0 atom stereocenters. The van der Waals surface area contributed by atoms with E-state index in [2.05, 4.69) is 5.32 Å². The Morgan fingerprint density at radius 1 is 1.00 bits per heavy atom. The van der Waals surface area contributed by atoms with Crippen LogP contribution in [0.1, 0.15) is 11.1 Å². The molecule has 1 amide bonds. The van der Waals surface area contributed by atoms with E-state index in [-0.39, 0.29) is 5.75 Å². The quantitative estimate of drug-likeness (QED) is 0.923. The van der Waals surface area contributed by atoms with Crippen molar-refractivity contribution in [2.45, 2.75) is 12.7 Å². The molecule has 2 aromatic rings. The lowest BCUT2D eigenvalue weighted by molar-refractivity contribution is -0.113. The molecule has 2 aromatic carbocycles. The van der Waals surface area contributed by atoms with Crippen LogP contribution in [0, 0.1) is 6.92 Å². The average Bonchev–Trinajstić information content (AvgIpc) is 2.41. The number of rotatable bonds is 5. The van der Waals surface area contributed by atoms with E-state index in [1.165, 1.54) is 0 Å². The van der Waals surface area contributed by atoms with E-state index in [4.69, 9.17) is 0 Å². The van der Waals surface area contributed by atoms with Crippen LogP contribution in [0.5, 0.6) is 0 Å². The number of hydrogen-bond donors (Lipinski definition) is 1. The molecule has 5 heteroatoms. The third kappa shape index (κ3) is 5.04. The maximum atomic E-state index is 12.0.